The Kier molecular flexibility index (Phi) is 5.57. The van der Waals surface area contributed by atoms with Crippen LogP contribution in [-0.4, -0.2) is 29.7 Å². The molecule has 0 spiro atoms. The minimum atomic E-state index is 0.0701. The van der Waals surface area contributed by atoms with Crippen LogP contribution in [0, 0.1) is 6.92 Å². The van der Waals surface area contributed by atoms with Crippen LogP contribution in [0.1, 0.15) is 11.3 Å². The summed E-state index contributed by atoms with van der Waals surface area (Å²) in [5.74, 6) is 0.458. The summed E-state index contributed by atoms with van der Waals surface area (Å²) in [4.78, 5) is 5.20. The van der Waals surface area contributed by atoms with Crippen LogP contribution in [0.5, 0.6) is 11.5 Å². The maximum Gasteiger partial charge on any atom is 0.206 e. The second-order valence-corrected chi connectivity index (χ2v) is 6.09. The molecule has 5 nitrogen and oxygen atoms in total. The molecule has 0 saturated heterocycles. The zero-order valence-corrected chi connectivity index (χ0v) is 14.7. The monoisotopic (exact) mass is 381 g/mol. The number of phenols is 1. The average molecular weight is 382 g/mol. The van der Waals surface area contributed by atoms with Crippen molar-refractivity contribution in [3.63, 3.8) is 0 Å². The van der Waals surface area contributed by atoms with E-state index < -0.39 is 0 Å². The van der Waals surface area contributed by atoms with E-state index in [1.165, 1.54) is 18.4 Å². The highest BCUT2D eigenvalue weighted by atomic mass is 79.9. The zero-order chi connectivity index (χ0) is 16.1. The van der Waals surface area contributed by atoms with Gasteiger partial charge in [0.1, 0.15) is 0 Å². The molecule has 1 aromatic carbocycles. The largest absolute Gasteiger partial charge is 0.503 e. The first-order valence-corrected chi connectivity index (χ1v) is 8.13. The van der Waals surface area contributed by atoms with Crippen molar-refractivity contribution in [2.75, 3.05) is 13.7 Å². The molecule has 0 bridgehead atoms. The van der Waals surface area contributed by atoms with Crippen molar-refractivity contribution in [3.05, 3.63) is 50.7 Å². The molecule has 0 amide bonds. The number of hydrogen-bond acceptors (Lipinski definition) is 5. The standard InChI is InChI=1S/C15H16BrN3O2S/c1-4-5-17-15-19(10(2)9-22-15)18-8-11-6-12(16)14(20)13(7-11)21-3/h4,6-9,20H,1,5H2,2-3H3. The van der Waals surface area contributed by atoms with E-state index >= 15 is 0 Å². The molecule has 0 radical (unpaired) electrons. The van der Waals surface area contributed by atoms with Gasteiger partial charge in [-0.05, 0) is 40.5 Å². The fourth-order valence-corrected chi connectivity index (χ4v) is 3.00. The number of halogens is 1. The lowest BCUT2D eigenvalue weighted by atomic mass is 10.2. The van der Waals surface area contributed by atoms with Crippen LogP contribution in [0.2, 0.25) is 0 Å². The lowest BCUT2D eigenvalue weighted by Crippen LogP contribution is -2.12. The Balaban J connectivity index is 2.39. The second kappa shape index (κ2) is 7.42. The highest BCUT2D eigenvalue weighted by molar-refractivity contribution is 9.10. The van der Waals surface area contributed by atoms with Crippen molar-refractivity contribution in [2.24, 2.45) is 10.1 Å². The van der Waals surface area contributed by atoms with Crippen LogP contribution in [0.4, 0.5) is 0 Å². The second-order valence-electron chi connectivity index (χ2n) is 4.40. The van der Waals surface area contributed by atoms with Crippen LogP contribution in [0.15, 0.2) is 44.7 Å². The van der Waals surface area contributed by atoms with E-state index in [-0.39, 0.29) is 5.75 Å². The molecule has 22 heavy (non-hydrogen) atoms. The summed E-state index contributed by atoms with van der Waals surface area (Å²) < 4.78 is 7.45. The molecule has 2 rings (SSSR count). The van der Waals surface area contributed by atoms with E-state index in [0.29, 0.717) is 16.8 Å². The third-order valence-electron chi connectivity index (χ3n) is 2.80. The molecule has 2 aromatic rings. The Morgan fingerprint density at radius 1 is 1.50 bits per heavy atom. The van der Waals surface area contributed by atoms with Gasteiger partial charge in [0.25, 0.3) is 0 Å². The number of ether oxygens (including phenoxy) is 1. The first kappa shape index (κ1) is 16.5. The van der Waals surface area contributed by atoms with Crippen molar-refractivity contribution in [1.82, 2.24) is 4.68 Å². The van der Waals surface area contributed by atoms with Gasteiger partial charge in [0, 0.05) is 5.38 Å². The first-order chi connectivity index (χ1) is 10.6. The van der Waals surface area contributed by atoms with Gasteiger partial charge >= 0.3 is 0 Å². The summed E-state index contributed by atoms with van der Waals surface area (Å²) >= 11 is 4.82. The van der Waals surface area contributed by atoms with Crippen molar-refractivity contribution in [2.45, 2.75) is 6.92 Å². The summed E-state index contributed by atoms with van der Waals surface area (Å²) in [6.45, 7) is 6.18. The topological polar surface area (TPSA) is 59.1 Å². The molecule has 116 valence electrons. The summed E-state index contributed by atoms with van der Waals surface area (Å²) in [5, 5.41) is 16.3. The Labute approximate surface area is 141 Å². The molecule has 0 unspecified atom stereocenters. The van der Waals surface area contributed by atoms with Gasteiger partial charge in [-0.1, -0.05) is 6.08 Å². The lowest BCUT2D eigenvalue weighted by Gasteiger charge is -2.06. The normalized spacial score (nSPS) is 12.0. The Morgan fingerprint density at radius 3 is 2.95 bits per heavy atom. The number of methoxy groups -OCH3 is 1. The molecule has 1 aromatic heterocycles. The van der Waals surface area contributed by atoms with Crippen molar-refractivity contribution in [3.8, 4) is 11.5 Å². The molecule has 0 aliphatic carbocycles. The number of thiazole rings is 1. The smallest absolute Gasteiger partial charge is 0.206 e. The van der Waals surface area contributed by atoms with Crippen LogP contribution in [0.25, 0.3) is 0 Å². The number of aryl methyl sites for hydroxylation is 1. The van der Waals surface area contributed by atoms with Gasteiger partial charge in [-0.2, -0.15) is 5.10 Å². The quantitative estimate of drug-likeness (QED) is 0.637. The SMILES string of the molecule is C=CCN=c1scc(C)n1N=Cc1cc(Br)c(O)c(OC)c1. The minimum absolute atomic E-state index is 0.0701. The molecule has 7 heteroatoms. The molecule has 0 aliphatic heterocycles. The molecule has 0 saturated carbocycles. The van der Waals surface area contributed by atoms with Crippen LogP contribution >= 0.6 is 27.3 Å². The predicted octanol–water partition coefficient (Wildman–Crippen LogP) is 3.30. The number of rotatable bonds is 5. The van der Waals surface area contributed by atoms with Gasteiger partial charge in [0.15, 0.2) is 11.5 Å². The highest BCUT2D eigenvalue weighted by Crippen LogP contribution is 2.34. The third-order valence-corrected chi connectivity index (χ3v) is 4.38. The molecule has 1 N–H and O–H groups in total. The Morgan fingerprint density at radius 2 is 2.27 bits per heavy atom. The van der Waals surface area contributed by atoms with E-state index in [0.717, 1.165) is 16.1 Å². The molecule has 0 aliphatic rings. The van der Waals surface area contributed by atoms with Crippen molar-refractivity contribution >= 4 is 33.5 Å². The van der Waals surface area contributed by atoms with Gasteiger partial charge in [-0.25, -0.2) is 4.68 Å². The zero-order valence-electron chi connectivity index (χ0n) is 12.3. The minimum Gasteiger partial charge on any atom is -0.503 e. The molecule has 1 heterocycles. The molecular weight excluding hydrogens is 366 g/mol. The van der Waals surface area contributed by atoms with E-state index in [4.69, 9.17) is 4.74 Å². The van der Waals surface area contributed by atoms with Crippen LogP contribution in [0.3, 0.4) is 0 Å². The van der Waals surface area contributed by atoms with Crippen LogP contribution < -0.4 is 9.54 Å². The van der Waals surface area contributed by atoms with Gasteiger partial charge < -0.3 is 9.84 Å². The Hall–Kier alpha value is -1.86. The number of aromatic nitrogens is 1. The number of phenolic OH excluding ortho intramolecular Hbond substituents is 1. The lowest BCUT2D eigenvalue weighted by molar-refractivity contribution is 0.372. The number of nitrogens with zero attached hydrogens (tertiary/aromatic N) is 3. The number of benzene rings is 1. The van der Waals surface area contributed by atoms with E-state index in [1.807, 2.05) is 12.3 Å². The van der Waals surface area contributed by atoms with Gasteiger partial charge in [0.05, 0.1) is 30.0 Å². The maximum absolute atomic E-state index is 9.82. The Bertz CT molecular complexity index is 778. The van der Waals surface area contributed by atoms with Crippen molar-refractivity contribution < 1.29 is 9.84 Å². The van der Waals surface area contributed by atoms with E-state index in [9.17, 15) is 5.11 Å². The van der Waals surface area contributed by atoms with Gasteiger partial charge in [-0.15, -0.1) is 17.9 Å². The molecule has 0 fully saturated rings. The van der Waals surface area contributed by atoms with E-state index in [1.54, 1.807) is 29.1 Å². The van der Waals surface area contributed by atoms with Crippen LogP contribution in [-0.2, 0) is 0 Å². The maximum atomic E-state index is 9.82. The predicted molar refractivity (Wildman–Crippen MR) is 93.0 cm³/mol. The first-order valence-electron chi connectivity index (χ1n) is 6.46. The molecule has 0 atom stereocenters. The van der Waals surface area contributed by atoms with Gasteiger partial charge in [-0.3, -0.25) is 4.99 Å². The highest BCUT2D eigenvalue weighted by Gasteiger charge is 2.07. The van der Waals surface area contributed by atoms with E-state index in [2.05, 4.69) is 32.6 Å². The fraction of sp³-hybridized carbons (Fsp3) is 0.200. The number of aromatic hydroxyl groups is 1. The summed E-state index contributed by atoms with van der Waals surface area (Å²) in [6.07, 6.45) is 3.43. The summed E-state index contributed by atoms with van der Waals surface area (Å²) in [6, 6.07) is 3.48. The van der Waals surface area contributed by atoms with Gasteiger partial charge in [0.2, 0.25) is 4.80 Å². The summed E-state index contributed by atoms with van der Waals surface area (Å²) in [7, 11) is 1.51. The average Bonchev–Trinajstić information content (AvgIpc) is 2.86. The number of hydrogen-bond donors (Lipinski definition) is 1. The fourth-order valence-electron chi connectivity index (χ4n) is 1.72. The third kappa shape index (κ3) is 3.66. The molecular formula is C15H16BrN3O2S. The summed E-state index contributed by atoms with van der Waals surface area (Å²) in [5.41, 5.74) is 1.79. The van der Waals surface area contributed by atoms with Crippen molar-refractivity contribution in [1.29, 1.82) is 0 Å².